The first-order valence-electron chi connectivity index (χ1n) is 4.99. The van der Waals surface area contributed by atoms with Crippen LogP contribution in [0.25, 0.3) is 0 Å². The molecule has 0 aliphatic carbocycles. The molecule has 0 aliphatic rings. The topological polar surface area (TPSA) is 20.2 Å². The Balaban J connectivity index is 3.32. The molecule has 0 heterocycles. The van der Waals surface area contributed by atoms with E-state index in [1.807, 2.05) is 6.08 Å². The van der Waals surface area contributed by atoms with Crippen molar-refractivity contribution in [2.45, 2.75) is 52.1 Å². The van der Waals surface area contributed by atoms with Gasteiger partial charge in [-0.15, -0.1) is 6.58 Å². The van der Waals surface area contributed by atoms with E-state index in [4.69, 9.17) is 0 Å². The number of aliphatic hydroxyl groups is 1. The lowest BCUT2D eigenvalue weighted by Crippen LogP contribution is -2.10. The number of aliphatic hydroxyl groups excluding tert-OH is 1. The first-order chi connectivity index (χ1) is 5.70. The highest BCUT2D eigenvalue weighted by Gasteiger charge is 2.07. The molecule has 0 saturated heterocycles. The molecule has 0 fully saturated rings. The Bertz CT molecular complexity index is 110. The van der Waals surface area contributed by atoms with Crippen LogP contribution in [0, 0.1) is 5.92 Å². The summed E-state index contributed by atoms with van der Waals surface area (Å²) < 4.78 is 0. The molecule has 12 heavy (non-hydrogen) atoms. The number of hydrogen-bond donors (Lipinski definition) is 1. The Morgan fingerprint density at radius 3 is 2.67 bits per heavy atom. The second-order valence-corrected chi connectivity index (χ2v) is 3.62. The molecule has 0 saturated carbocycles. The van der Waals surface area contributed by atoms with Gasteiger partial charge in [-0.2, -0.15) is 0 Å². The zero-order chi connectivity index (χ0) is 9.40. The van der Waals surface area contributed by atoms with E-state index in [9.17, 15) is 5.11 Å². The second-order valence-electron chi connectivity index (χ2n) is 3.62. The van der Waals surface area contributed by atoms with Crippen molar-refractivity contribution in [2.24, 2.45) is 5.92 Å². The Kier molecular flexibility index (Phi) is 7.17. The minimum absolute atomic E-state index is 0.0973. The maximum atomic E-state index is 9.54. The van der Waals surface area contributed by atoms with E-state index in [1.165, 1.54) is 6.42 Å². The van der Waals surface area contributed by atoms with E-state index in [-0.39, 0.29) is 6.10 Å². The Labute approximate surface area is 76.5 Å². The van der Waals surface area contributed by atoms with Crippen LogP contribution >= 0.6 is 0 Å². The van der Waals surface area contributed by atoms with Crippen LogP contribution in [0.5, 0.6) is 0 Å². The van der Waals surface area contributed by atoms with E-state index < -0.39 is 0 Å². The van der Waals surface area contributed by atoms with Crippen LogP contribution < -0.4 is 0 Å². The lowest BCUT2D eigenvalue weighted by Gasteiger charge is -2.13. The predicted molar refractivity (Wildman–Crippen MR) is 54.1 cm³/mol. The molecule has 1 nitrogen and oxygen atoms in total. The normalized spacial score (nSPS) is 15.6. The highest BCUT2D eigenvalue weighted by molar-refractivity contribution is 4.68. The molecule has 1 heteroatoms. The van der Waals surface area contributed by atoms with Gasteiger partial charge in [0, 0.05) is 0 Å². The summed E-state index contributed by atoms with van der Waals surface area (Å²) in [5, 5.41) is 9.54. The number of hydrogen-bond acceptors (Lipinski definition) is 1. The molecule has 0 bridgehead atoms. The van der Waals surface area contributed by atoms with Gasteiger partial charge in [0.15, 0.2) is 0 Å². The summed E-state index contributed by atoms with van der Waals surface area (Å²) in [6.07, 6.45) is 6.96. The van der Waals surface area contributed by atoms with E-state index >= 15 is 0 Å². The minimum Gasteiger partial charge on any atom is -0.393 e. The van der Waals surface area contributed by atoms with Crippen molar-refractivity contribution >= 4 is 0 Å². The first-order valence-corrected chi connectivity index (χ1v) is 4.99. The maximum Gasteiger partial charge on any atom is 0.0542 e. The molecule has 0 aliphatic heterocycles. The molecular weight excluding hydrogens is 148 g/mol. The molecule has 72 valence electrons. The van der Waals surface area contributed by atoms with Crippen molar-refractivity contribution < 1.29 is 5.11 Å². The monoisotopic (exact) mass is 170 g/mol. The SMILES string of the molecule is C=CCCCC(O)CC(C)CC. The molecule has 0 amide bonds. The molecule has 0 aromatic rings. The fourth-order valence-electron chi connectivity index (χ4n) is 1.25. The highest BCUT2D eigenvalue weighted by atomic mass is 16.3. The molecule has 0 radical (unpaired) electrons. The largest absolute Gasteiger partial charge is 0.393 e. The van der Waals surface area contributed by atoms with E-state index in [1.54, 1.807) is 0 Å². The Morgan fingerprint density at radius 2 is 2.17 bits per heavy atom. The summed E-state index contributed by atoms with van der Waals surface area (Å²) in [5.74, 6) is 0.656. The third-order valence-electron chi connectivity index (χ3n) is 2.32. The zero-order valence-electron chi connectivity index (χ0n) is 8.42. The average molecular weight is 170 g/mol. The third kappa shape index (κ3) is 6.41. The van der Waals surface area contributed by atoms with Gasteiger partial charge in [0.25, 0.3) is 0 Å². The fraction of sp³-hybridized carbons (Fsp3) is 0.818. The average Bonchev–Trinajstić information content (AvgIpc) is 2.05. The summed E-state index contributed by atoms with van der Waals surface area (Å²) >= 11 is 0. The van der Waals surface area contributed by atoms with Gasteiger partial charge in [-0.3, -0.25) is 0 Å². The van der Waals surface area contributed by atoms with Gasteiger partial charge in [0.2, 0.25) is 0 Å². The van der Waals surface area contributed by atoms with Gasteiger partial charge in [0.05, 0.1) is 6.10 Å². The molecule has 2 atom stereocenters. The smallest absolute Gasteiger partial charge is 0.0542 e. The van der Waals surface area contributed by atoms with Crippen molar-refractivity contribution in [3.05, 3.63) is 12.7 Å². The van der Waals surface area contributed by atoms with E-state index in [2.05, 4.69) is 20.4 Å². The Morgan fingerprint density at radius 1 is 1.50 bits per heavy atom. The van der Waals surface area contributed by atoms with Crippen molar-refractivity contribution in [1.82, 2.24) is 0 Å². The standard InChI is InChI=1S/C11H22O/c1-4-6-7-8-11(12)9-10(3)5-2/h4,10-12H,1,5-9H2,2-3H3. The van der Waals surface area contributed by atoms with Crippen LogP contribution in [-0.4, -0.2) is 11.2 Å². The molecule has 0 aromatic carbocycles. The van der Waals surface area contributed by atoms with Gasteiger partial charge < -0.3 is 5.11 Å². The van der Waals surface area contributed by atoms with Gasteiger partial charge in [-0.05, 0) is 31.6 Å². The molecule has 0 rings (SSSR count). The van der Waals surface area contributed by atoms with E-state index in [0.29, 0.717) is 5.92 Å². The molecule has 0 spiro atoms. The van der Waals surface area contributed by atoms with Crippen LogP contribution in [0.3, 0.4) is 0 Å². The quantitative estimate of drug-likeness (QED) is 0.459. The lowest BCUT2D eigenvalue weighted by atomic mass is 9.98. The molecular formula is C11H22O. The Hall–Kier alpha value is -0.300. The van der Waals surface area contributed by atoms with Crippen molar-refractivity contribution in [3.8, 4) is 0 Å². The number of allylic oxidation sites excluding steroid dienone is 1. The van der Waals surface area contributed by atoms with Crippen LogP contribution in [-0.2, 0) is 0 Å². The van der Waals surface area contributed by atoms with Crippen molar-refractivity contribution in [3.63, 3.8) is 0 Å². The first kappa shape index (κ1) is 11.7. The van der Waals surface area contributed by atoms with Crippen molar-refractivity contribution in [1.29, 1.82) is 0 Å². The summed E-state index contributed by atoms with van der Waals surface area (Å²) in [4.78, 5) is 0. The van der Waals surface area contributed by atoms with Crippen LogP contribution in [0.4, 0.5) is 0 Å². The third-order valence-corrected chi connectivity index (χ3v) is 2.32. The highest BCUT2D eigenvalue weighted by Crippen LogP contribution is 2.13. The van der Waals surface area contributed by atoms with Crippen LogP contribution in [0.2, 0.25) is 0 Å². The van der Waals surface area contributed by atoms with Gasteiger partial charge >= 0.3 is 0 Å². The summed E-state index contributed by atoms with van der Waals surface area (Å²) in [6.45, 7) is 8.01. The second kappa shape index (κ2) is 7.35. The zero-order valence-corrected chi connectivity index (χ0v) is 8.42. The number of unbranched alkanes of at least 4 members (excludes halogenated alkanes) is 1. The molecule has 1 N–H and O–H groups in total. The lowest BCUT2D eigenvalue weighted by molar-refractivity contribution is 0.133. The minimum atomic E-state index is -0.0973. The predicted octanol–water partition coefficient (Wildman–Crippen LogP) is 3.14. The molecule has 0 aromatic heterocycles. The summed E-state index contributed by atoms with van der Waals surface area (Å²) in [6, 6.07) is 0. The molecule has 2 unspecified atom stereocenters. The summed E-state index contributed by atoms with van der Waals surface area (Å²) in [5.41, 5.74) is 0. The van der Waals surface area contributed by atoms with E-state index in [0.717, 1.165) is 25.7 Å². The van der Waals surface area contributed by atoms with Gasteiger partial charge in [-0.25, -0.2) is 0 Å². The van der Waals surface area contributed by atoms with Crippen LogP contribution in [0.1, 0.15) is 46.0 Å². The summed E-state index contributed by atoms with van der Waals surface area (Å²) in [7, 11) is 0. The van der Waals surface area contributed by atoms with Crippen molar-refractivity contribution in [2.75, 3.05) is 0 Å². The fourth-order valence-corrected chi connectivity index (χ4v) is 1.25. The van der Waals surface area contributed by atoms with Crippen LogP contribution in [0.15, 0.2) is 12.7 Å². The number of rotatable bonds is 7. The maximum absolute atomic E-state index is 9.54. The van der Waals surface area contributed by atoms with Gasteiger partial charge in [-0.1, -0.05) is 26.3 Å². The van der Waals surface area contributed by atoms with Gasteiger partial charge in [0.1, 0.15) is 0 Å².